The predicted molar refractivity (Wildman–Crippen MR) is 123 cm³/mol. The minimum atomic E-state index is -0.0869. The largest absolute Gasteiger partial charge is 0.493 e. The maximum atomic E-state index is 12.3. The topological polar surface area (TPSA) is 63.7 Å². The van der Waals surface area contributed by atoms with Crippen molar-refractivity contribution in [2.24, 2.45) is 0 Å². The Morgan fingerprint density at radius 2 is 1.87 bits per heavy atom. The zero-order valence-electron chi connectivity index (χ0n) is 17.5. The van der Waals surface area contributed by atoms with Gasteiger partial charge in [-0.3, -0.25) is 9.69 Å². The van der Waals surface area contributed by atoms with E-state index >= 15 is 0 Å². The van der Waals surface area contributed by atoms with Crippen molar-refractivity contribution in [1.82, 2.24) is 9.88 Å². The lowest BCUT2D eigenvalue weighted by Gasteiger charge is -2.29. The summed E-state index contributed by atoms with van der Waals surface area (Å²) in [6, 6.07) is 11.4. The molecule has 162 valence electrons. The van der Waals surface area contributed by atoms with E-state index in [4.69, 9.17) is 21.1 Å². The number of amides is 1. The van der Waals surface area contributed by atoms with Gasteiger partial charge in [0.1, 0.15) is 0 Å². The fourth-order valence-electron chi connectivity index (χ4n) is 3.69. The van der Waals surface area contributed by atoms with Crippen molar-refractivity contribution >= 4 is 34.0 Å². The summed E-state index contributed by atoms with van der Waals surface area (Å²) in [7, 11) is 3.32. The third-order valence-corrected chi connectivity index (χ3v) is 6.32. The van der Waals surface area contributed by atoms with Crippen LogP contribution in [0.15, 0.2) is 41.8 Å². The number of nitrogens with zero attached hydrogens (tertiary/aromatic N) is 2. The molecule has 0 bridgehead atoms. The minimum Gasteiger partial charge on any atom is -0.493 e. The van der Waals surface area contributed by atoms with Gasteiger partial charge in [0.25, 0.3) is 0 Å². The van der Waals surface area contributed by atoms with Crippen LogP contribution in [0, 0.1) is 0 Å². The Bertz CT molecular complexity index is 1070. The van der Waals surface area contributed by atoms with E-state index in [1.54, 1.807) is 26.4 Å². The van der Waals surface area contributed by atoms with Crippen LogP contribution in [-0.4, -0.2) is 36.6 Å². The summed E-state index contributed by atoms with van der Waals surface area (Å²) in [6.45, 7) is 2.50. The van der Waals surface area contributed by atoms with Crippen molar-refractivity contribution in [1.29, 1.82) is 0 Å². The van der Waals surface area contributed by atoms with E-state index in [0.717, 1.165) is 48.8 Å². The van der Waals surface area contributed by atoms with Crippen molar-refractivity contribution in [3.05, 3.63) is 69.2 Å². The molecule has 1 N–H and O–H groups in total. The number of thiazole rings is 1. The van der Waals surface area contributed by atoms with E-state index < -0.39 is 0 Å². The standard InChI is InChI=1S/C23H24ClN3O3S/c1-29-20-10-16-7-8-27(12-17(16)11-21(20)30-2)13-19-14-31-23(25-19)26-22(28)9-15-3-5-18(24)6-4-15/h3-6,10-11,14H,7-9,12-13H2,1-2H3,(H,25,26,28). The molecule has 0 unspecified atom stereocenters. The zero-order valence-corrected chi connectivity index (χ0v) is 19.1. The first-order chi connectivity index (χ1) is 15.0. The first-order valence-corrected chi connectivity index (χ1v) is 11.2. The molecule has 0 fully saturated rings. The van der Waals surface area contributed by atoms with Crippen LogP contribution in [0.5, 0.6) is 11.5 Å². The smallest absolute Gasteiger partial charge is 0.230 e. The molecule has 6 nitrogen and oxygen atoms in total. The Kier molecular flexibility index (Phi) is 6.75. The molecule has 4 rings (SSSR count). The maximum Gasteiger partial charge on any atom is 0.230 e. The second kappa shape index (κ2) is 9.68. The summed E-state index contributed by atoms with van der Waals surface area (Å²) >= 11 is 7.34. The number of carbonyl (C=O) groups excluding carboxylic acids is 1. The summed E-state index contributed by atoms with van der Waals surface area (Å²) in [5, 5.41) is 6.18. The molecular formula is C23H24ClN3O3S. The second-order valence-corrected chi connectivity index (χ2v) is 8.73. The first kappa shape index (κ1) is 21.6. The molecule has 1 amide bonds. The molecule has 31 heavy (non-hydrogen) atoms. The Morgan fingerprint density at radius 1 is 1.16 bits per heavy atom. The minimum absolute atomic E-state index is 0.0869. The predicted octanol–water partition coefficient (Wildman–Crippen LogP) is 4.55. The van der Waals surface area contributed by atoms with Gasteiger partial charge in [-0.05, 0) is 47.4 Å². The van der Waals surface area contributed by atoms with Gasteiger partial charge in [-0.15, -0.1) is 11.3 Å². The van der Waals surface area contributed by atoms with Crippen molar-refractivity contribution in [3.8, 4) is 11.5 Å². The number of carbonyl (C=O) groups is 1. The molecule has 1 aliphatic heterocycles. The third-order valence-electron chi connectivity index (χ3n) is 5.26. The van der Waals surface area contributed by atoms with Crippen LogP contribution in [-0.2, 0) is 30.7 Å². The Balaban J connectivity index is 1.35. The fraction of sp³-hybridized carbons (Fsp3) is 0.304. The quantitative estimate of drug-likeness (QED) is 0.563. The molecule has 0 radical (unpaired) electrons. The molecule has 1 aromatic heterocycles. The van der Waals surface area contributed by atoms with E-state index in [9.17, 15) is 4.79 Å². The van der Waals surface area contributed by atoms with Gasteiger partial charge in [0.2, 0.25) is 5.91 Å². The summed E-state index contributed by atoms with van der Waals surface area (Å²) < 4.78 is 10.9. The Hall–Kier alpha value is -2.61. The van der Waals surface area contributed by atoms with E-state index in [0.29, 0.717) is 16.6 Å². The zero-order chi connectivity index (χ0) is 21.8. The first-order valence-electron chi connectivity index (χ1n) is 9.99. The van der Waals surface area contributed by atoms with Crippen LogP contribution in [0.1, 0.15) is 22.4 Å². The van der Waals surface area contributed by atoms with Gasteiger partial charge in [-0.1, -0.05) is 23.7 Å². The van der Waals surface area contributed by atoms with Gasteiger partial charge in [0, 0.05) is 30.0 Å². The van der Waals surface area contributed by atoms with E-state index in [1.165, 1.54) is 22.5 Å². The number of ether oxygens (including phenoxy) is 2. The van der Waals surface area contributed by atoms with Gasteiger partial charge < -0.3 is 14.8 Å². The molecule has 2 aromatic carbocycles. The van der Waals surface area contributed by atoms with Crippen molar-refractivity contribution in [2.75, 3.05) is 26.1 Å². The van der Waals surface area contributed by atoms with Crippen LogP contribution in [0.2, 0.25) is 5.02 Å². The van der Waals surface area contributed by atoms with Crippen LogP contribution in [0.4, 0.5) is 5.13 Å². The molecule has 0 spiro atoms. The number of rotatable bonds is 7. The molecule has 0 saturated carbocycles. The van der Waals surface area contributed by atoms with Crippen molar-refractivity contribution in [2.45, 2.75) is 25.9 Å². The number of nitrogens with one attached hydrogen (secondary N) is 1. The highest BCUT2D eigenvalue weighted by Gasteiger charge is 2.20. The Labute approximate surface area is 190 Å². The number of methoxy groups -OCH3 is 2. The SMILES string of the molecule is COc1cc2c(cc1OC)CN(Cc1csc(NC(=O)Cc3ccc(Cl)cc3)n1)CC2. The normalized spacial score (nSPS) is 13.5. The van der Waals surface area contributed by atoms with E-state index in [-0.39, 0.29) is 5.91 Å². The molecule has 0 atom stereocenters. The number of aromatic nitrogens is 1. The summed E-state index contributed by atoms with van der Waals surface area (Å²) in [5.41, 5.74) is 4.41. The average molecular weight is 458 g/mol. The molecule has 0 saturated heterocycles. The fourth-order valence-corrected chi connectivity index (χ4v) is 4.54. The van der Waals surface area contributed by atoms with Gasteiger partial charge in [0.15, 0.2) is 16.6 Å². The lowest BCUT2D eigenvalue weighted by atomic mass is 9.98. The average Bonchev–Trinajstić information content (AvgIpc) is 3.20. The molecular weight excluding hydrogens is 434 g/mol. The molecule has 0 aliphatic carbocycles. The number of hydrogen-bond acceptors (Lipinski definition) is 6. The molecule has 3 aromatic rings. The van der Waals surface area contributed by atoms with Crippen molar-refractivity contribution < 1.29 is 14.3 Å². The Morgan fingerprint density at radius 3 is 2.58 bits per heavy atom. The summed E-state index contributed by atoms with van der Waals surface area (Å²) in [4.78, 5) is 19.3. The molecule has 2 heterocycles. The monoisotopic (exact) mass is 457 g/mol. The number of halogens is 1. The number of hydrogen-bond donors (Lipinski definition) is 1. The number of benzene rings is 2. The van der Waals surface area contributed by atoms with Gasteiger partial charge in [-0.2, -0.15) is 0 Å². The number of anilines is 1. The van der Waals surface area contributed by atoms with Gasteiger partial charge in [0.05, 0.1) is 26.3 Å². The molecule has 1 aliphatic rings. The van der Waals surface area contributed by atoms with E-state index in [2.05, 4.69) is 27.3 Å². The van der Waals surface area contributed by atoms with Gasteiger partial charge in [-0.25, -0.2) is 4.98 Å². The van der Waals surface area contributed by atoms with Gasteiger partial charge >= 0.3 is 0 Å². The highest BCUT2D eigenvalue weighted by atomic mass is 35.5. The lowest BCUT2D eigenvalue weighted by Crippen LogP contribution is -2.30. The van der Waals surface area contributed by atoms with Crippen LogP contribution in [0.3, 0.4) is 0 Å². The highest BCUT2D eigenvalue weighted by molar-refractivity contribution is 7.13. The lowest BCUT2D eigenvalue weighted by molar-refractivity contribution is -0.115. The van der Waals surface area contributed by atoms with E-state index in [1.807, 2.05) is 17.5 Å². The summed E-state index contributed by atoms with van der Waals surface area (Å²) in [5.74, 6) is 1.44. The number of fused-ring (bicyclic) bond motifs is 1. The second-order valence-electron chi connectivity index (χ2n) is 7.43. The maximum absolute atomic E-state index is 12.3. The van der Waals surface area contributed by atoms with Crippen LogP contribution < -0.4 is 14.8 Å². The summed E-state index contributed by atoms with van der Waals surface area (Å²) in [6.07, 6.45) is 1.24. The third kappa shape index (κ3) is 5.36. The van der Waals surface area contributed by atoms with Crippen LogP contribution >= 0.6 is 22.9 Å². The van der Waals surface area contributed by atoms with Crippen molar-refractivity contribution in [3.63, 3.8) is 0 Å². The highest BCUT2D eigenvalue weighted by Crippen LogP contribution is 2.33. The van der Waals surface area contributed by atoms with Crippen LogP contribution in [0.25, 0.3) is 0 Å². The molecule has 8 heteroatoms.